The zero-order valence-corrected chi connectivity index (χ0v) is 15.3. The minimum absolute atomic E-state index is 0.00606. The fraction of sp³-hybridized carbons (Fsp3) is 0.400. The van der Waals surface area contributed by atoms with Crippen LogP contribution in [0.25, 0.3) is 0 Å². The van der Waals surface area contributed by atoms with Gasteiger partial charge >= 0.3 is 0 Å². The largest absolute Gasteiger partial charge is 0.468 e. The number of Topliss-reactive ketones (excluding diaryl/α,β-unsaturated/α-hetero) is 1. The summed E-state index contributed by atoms with van der Waals surface area (Å²) in [5, 5.41) is 2.89. The molecule has 0 spiro atoms. The van der Waals surface area contributed by atoms with E-state index in [1.165, 1.54) is 0 Å². The fourth-order valence-corrected chi connectivity index (χ4v) is 2.72. The molecule has 0 bridgehead atoms. The number of nitrogens with zero attached hydrogens (tertiary/aromatic N) is 1. The third-order valence-electron chi connectivity index (χ3n) is 4.26. The summed E-state index contributed by atoms with van der Waals surface area (Å²) in [6, 6.07) is 9.49. The first kappa shape index (κ1) is 18.9. The molecule has 5 heteroatoms. The highest BCUT2D eigenvalue weighted by Gasteiger charge is 2.18. The van der Waals surface area contributed by atoms with Crippen molar-refractivity contribution in [1.29, 1.82) is 0 Å². The highest BCUT2D eigenvalue weighted by molar-refractivity contribution is 5.99. The highest BCUT2D eigenvalue weighted by atomic mass is 16.3. The number of furan rings is 1. The predicted octanol–water partition coefficient (Wildman–Crippen LogP) is 3.28. The van der Waals surface area contributed by atoms with E-state index in [0.717, 1.165) is 16.9 Å². The molecule has 134 valence electrons. The lowest BCUT2D eigenvalue weighted by molar-refractivity contribution is -0.121. The average Bonchev–Trinajstić information content (AvgIpc) is 3.09. The van der Waals surface area contributed by atoms with E-state index in [-0.39, 0.29) is 30.6 Å². The number of amides is 1. The Balaban J connectivity index is 1.86. The molecular weight excluding hydrogens is 316 g/mol. The van der Waals surface area contributed by atoms with Gasteiger partial charge in [0.2, 0.25) is 5.91 Å². The van der Waals surface area contributed by atoms with Crippen LogP contribution in [0, 0.1) is 13.8 Å². The maximum atomic E-state index is 12.4. The summed E-state index contributed by atoms with van der Waals surface area (Å²) < 4.78 is 5.42. The number of benzene rings is 1. The SMILES string of the molecule is Cc1ccc(C)c(C(=O)CCC(=O)NCC(c2ccco2)N(C)C)c1. The van der Waals surface area contributed by atoms with Crippen LogP contribution in [0.1, 0.15) is 46.1 Å². The number of hydrogen-bond donors (Lipinski definition) is 1. The Morgan fingerprint density at radius 2 is 1.92 bits per heavy atom. The zero-order chi connectivity index (χ0) is 18.4. The molecule has 2 rings (SSSR count). The molecule has 1 amide bonds. The van der Waals surface area contributed by atoms with Gasteiger partial charge in [-0.1, -0.05) is 17.7 Å². The summed E-state index contributed by atoms with van der Waals surface area (Å²) in [4.78, 5) is 26.5. The van der Waals surface area contributed by atoms with E-state index in [1.54, 1.807) is 6.26 Å². The molecule has 1 heterocycles. The zero-order valence-electron chi connectivity index (χ0n) is 15.3. The summed E-state index contributed by atoms with van der Waals surface area (Å²) in [6.07, 6.45) is 2.02. The number of carbonyl (C=O) groups excluding carboxylic acids is 2. The van der Waals surface area contributed by atoms with E-state index in [9.17, 15) is 9.59 Å². The second kappa shape index (κ2) is 8.62. The van der Waals surface area contributed by atoms with Crippen molar-refractivity contribution in [3.05, 3.63) is 59.0 Å². The molecule has 5 nitrogen and oxygen atoms in total. The van der Waals surface area contributed by atoms with Crippen LogP contribution in [0.4, 0.5) is 0 Å². The van der Waals surface area contributed by atoms with Gasteiger partial charge < -0.3 is 9.73 Å². The Labute approximate surface area is 149 Å². The number of carbonyl (C=O) groups is 2. The molecule has 0 saturated carbocycles. The molecule has 0 saturated heterocycles. The predicted molar refractivity (Wildman–Crippen MR) is 97.6 cm³/mol. The molecule has 0 radical (unpaired) electrons. The van der Waals surface area contributed by atoms with Gasteiger partial charge in [0.25, 0.3) is 0 Å². The first-order valence-electron chi connectivity index (χ1n) is 8.45. The lowest BCUT2D eigenvalue weighted by Crippen LogP contribution is -2.34. The molecule has 0 fully saturated rings. The highest BCUT2D eigenvalue weighted by Crippen LogP contribution is 2.18. The maximum Gasteiger partial charge on any atom is 0.220 e. The molecular formula is C20H26N2O3. The first-order valence-corrected chi connectivity index (χ1v) is 8.45. The van der Waals surface area contributed by atoms with Crippen LogP contribution >= 0.6 is 0 Å². The van der Waals surface area contributed by atoms with Crippen LogP contribution in [-0.4, -0.2) is 37.2 Å². The Morgan fingerprint density at radius 1 is 1.16 bits per heavy atom. The van der Waals surface area contributed by atoms with Gasteiger partial charge in [0.05, 0.1) is 12.3 Å². The summed E-state index contributed by atoms with van der Waals surface area (Å²) in [5.41, 5.74) is 2.70. The van der Waals surface area contributed by atoms with Gasteiger partial charge in [-0.25, -0.2) is 0 Å². The number of ketones is 1. The van der Waals surface area contributed by atoms with Crippen molar-refractivity contribution < 1.29 is 14.0 Å². The van der Waals surface area contributed by atoms with Crippen LogP contribution in [0.15, 0.2) is 41.0 Å². The van der Waals surface area contributed by atoms with Gasteiger partial charge in [-0.2, -0.15) is 0 Å². The van der Waals surface area contributed by atoms with Crippen molar-refractivity contribution in [2.75, 3.05) is 20.6 Å². The number of nitrogens with one attached hydrogen (secondary N) is 1. The second-order valence-electron chi connectivity index (χ2n) is 6.54. The summed E-state index contributed by atoms with van der Waals surface area (Å²) in [6.45, 7) is 4.31. The maximum absolute atomic E-state index is 12.4. The quantitative estimate of drug-likeness (QED) is 0.748. The van der Waals surface area contributed by atoms with Gasteiger partial charge in [-0.15, -0.1) is 0 Å². The van der Waals surface area contributed by atoms with Gasteiger partial charge in [0.15, 0.2) is 5.78 Å². The average molecular weight is 342 g/mol. The normalized spacial score (nSPS) is 12.2. The lowest BCUT2D eigenvalue weighted by atomic mass is 9.99. The van der Waals surface area contributed by atoms with E-state index in [2.05, 4.69) is 5.32 Å². The van der Waals surface area contributed by atoms with E-state index in [1.807, 2.05) is 63.2 Å². The summed E-state index contributed by atoms with van der Waals surface area (Å²) in [5.74, 6) is 0.681. The van der Waals surface area contributed by atoms with E-state index in [4.69, 9.17) is 4.42 Å². The molecule has 0 aliphatic heterocycles. The lowest BCUT2D eigenvalue weighted by Gasteiger charge is -2.22. The Hall–Kier alpha value is -2.40. The van der Waals surface area contributed by atoms with Crippen molar-refractivity contribution >= 4 is 11.7 Å². The molecule has 1 N–H and O–H groups in total. The molecule has 0 aliphatic rings. The minimum Gasteiger partial charge on any atom is -0.468 e. The van der Waals surface area contributed by atoms with Crippen LogP contribution in [-0.2, 0) is 4.79 Å². The van der Waals surface area contributed by atoms with Crippen LogP contribution in [0.5, 0.6) is 0 Å². The molecule has 1 aromatic carbocycles. The fourth-order valence-electron chi connectivity index (χ4n) is 2.72. The smallest absolute Gasteiger partial charge is 0.220 e. The van der Waals surface area contributed by atoms with Crippen LogP contribution in [0.2, 0.25) is 0 Å². The van der Waals surface area contributed by atoms with Crippen LogP contribution in [0.3, 0.4) is 0 Å². The monoisotopic (exact) mass is 342 g/mol. The minimum atomic E-state index is -0.128. The Morgan fingerprint density at radius 3 is 2.56 bits per heavy atom. The Kier molecular flexibility index (Phi) is 6.53. The number of rotatable bonds is 8. The molecule has 0 aliphatic carbocycles. The topological polar surface area (TPSA) is 62.6 Å². The van der Waals surface area contributed by atoms with Crippen molar-refractivity contribution in [2.24, 2.45) is 0 Å². The van der Waals surface area contributed by atoms with Gasteiger partial charge in [0.1, 0.15) is 5.76 Å². The summed E-state index contributed by atoms with van der Waals surface area (Å²) >= 11 is 0. The molecule has 25 heavy (non-hydrogen) atoms. The number of likely N-dealkylation sites (N-methyl/N-ethyl adjacent to an activating group) is 1. The van der Waals surface area contributed by atoms with E-state index >= 15 is 0 Å². The first-order chi connectivity index (χ1) is 11.9. The third kappa shape index (κ3) is 5.29. The number of aryl methyl sites for hydroxylation is 2. The van der Waals surface area contributed by atoms with Crippen LogP contribution < -0.4 is 5.32 Å². The van der Waals surface area contributed by atoms with Gasteiger partial charge in [0, 0.05) is 24.9 Å². The molecule has 2 aromatic rings. The standard InChI is InChI=1S/C20H26N2O3/c1-14-7-8-15(2)16(12-14)18(23)9-10-20(24)21-13-17(22(3)4)19-6-5-11-25-19/h5-8,11-12,17H,9-10,13H2,1-4H3,(H,21,24). The molecule has 1 atom stereocenters. The number of hydrogen-bond acceptors (Lipinski definition) is 4. The van der Waals surface area contributed by atoms with Gasteiger partial charge in [-0.3, -0.25) is 14.5 Å². The van der Waals surface area contributed by atoms with Gasteiger partial charge in [-0.05, 0) is 51.7 Å². The third-order valence-corrected chi connectivity index (χ3v) is 4.26. The molecule has 1 aromatic heterocycles. The van der Waals surface area contributed by atoms with E-state index in [0.29, 0.717) is 12.1 Å². The van der Waals surface area contributed by atoms with Crippen molar-refractivity contribution in [3.63, 3.8) is 0 Å². The van der Waals surface area contributed by atoms with E-state index < -0.39 is 0 Å². The van der Waals surface area contributed by atoms with Crippen molar-refractivity contribution in [3.8, 4) is 0 Å². The summed E-state index contributed by atoms with van der Waals surface area (Å²) in [7, 11) is 3.87. The second-order valence-corrected chi connectivity index (χ2v) is 6.54. The van der Waals surface area contributed by atoms with Crippen molar-refractivity contribution in [1.82, 2.24) is 10.2 Å². The Bertz CT molecular complexity index is 721. The van der Waals surface area contributed by atoms with Crippen molar-refractivity contribution in [2.45, 2.75) is 32.7 Å². The molecule has 1 unspecified atom stereocenters.